The van der Waals surface area contributed by atoms with Crippen LogP contribution in [0, 0.1) is 12.7 Å². The quantitative estimate of drug-likeness (QED) is 0.805. The van der Waals surface area contributed by atoms with Crippen LogP contribution in [0.25, 0.3) is 0 Å². The largest absolute Gasteiger partial charge is 0.486 e. The molecule has 2 rings (SSSR count). The topological polar surface area (TPSA) is 35.0 Å². The molecule has 0 saturated carbocycles. The van der Waals surface area contributed by atoms with Gasteiger partial charge in [0.1, 0.15) is 23.3 Å². The number of halogens is 3. The number of hydrogen-bond acceptors (Lipinski definition) is 3. The highest BCUT2D eigenvalue weighted by Gasteiger charge is 2.04. The van der Waals surface area contributed by atoms with E-state index in [1.807, 2.05) is 0 Å². The molecule has 0 saturated heterocycles. The zero-order chi connectivity index (χ0) is 13.1. The molecule has 0 radical (unpaired) electrons. The molecule has 0 bridgehead atoms. The standard InChI is InChI=1S/C12H9Cl2FN2O/c1-7-4-11(14)17-12(16-7)6-18-8-2-3-9(13)10(15)5-8/h2-5H,6H2,1H3. The van der Waals surface area contributed by atoms with Crippen molar-refractivity contribution in [2.24, 2.45) is 0 Å². The number of benzene rings is 1. The fourth-order valence-electron chi connectivity index (χ4n) is 1.37. The minimum absolute atomic E-state index is 0.0530. The van der Waals surface area contributed by atoms with Crippen molar-refractivity contribution in [3.05, 3.63) is 51.8 Å². The van der Waals surface area contributed by atoms with Crippen molar-refractivity contribution in [3.8, 4) is 5.75 Å². The van der Waals surface area contributed by atoms with E-state index in [9.17, 15) is 4.39 Å². The van der Waals surface area contributed by atoms with Gasteiger partial charge in [0, 0.05) is 11.8 Å². The first kappa shape index (κ1) is 13.1. The van der Waals surface area contributed by atoms with Gasteiger partial charge in [0.15, 0.2) is 5.82 Å². The van der Waals surface area contributed by atoms with Gasteiger partial charge in [-0.05, 0) is 25.1 Å². The van der Waals surface area contributed by atoms with Crippen molar-refractivity contribution in [3.63, 3.8) is 0 Å². The molecule has 0 N–H and O–H groups in total. The third-order valence-corrected chi connectivity index (χ3v) is 2.63. The maximum absolute atomic E-state index is 13.2. The van der Waals surface area contributed by atoms with Crippen LogP contribution >= 0.6 is 23.2 Å². The smallest absolute Gasteiger partial charge is 0.167 e. The molecule has 0 amide bonds. The summed E-state index contributed by atoms with van der Waals surface area (Å²) in [4.78, 5) is 8.15. The number of aryl methyl sites for hydroxylation is 1. The molecule has 0 fully saturated rings. The summed E-state index contributed by atoms with van der Waals surface area (Å²) in [6, 6.07) is 5.85. The Hall–Kier alpha value is -1.39. The van der Waals surface area contributed by atoms with Crippen molar-refractivity contribution < 1.29 is 9.13 Å². The molecule has 18 heavy (non-hydrogen) atoms. The van der Waals surface area contributed by atoms with Gasteiger partial charge in [0.25, 0.3) is 0 Å². The number of rotatable bonds is 3. The predicted molar refractivity (Wildman–Crippen MR) is 67.5 cm³/mol. The molecule has 6 heteroatoms. The van der Waals surface area contributed by atoms with Crippen LogP contribution in [0.1, 0.15) is 11.5 Å². The maximum Gasteiger partial charge on any atom is 0.167 e. The SMILES string of the molecule is Cc1cc(Cl)nc(COc2ccc(Cl)c(F)c2)n1. The molecule has 0 spiro atoms. The number of ether oxygens (including phenoxy) is 1. The Morgan fingerprint density at radius 2 is 2.00 bits per heavy atom. The Morgan fingerprint density at radius 3 is 2.67 bits per heavy atom. The van der Waals surface area contributed by atoms with Crippen LogP contribution in [0.2, 0.25) is 10.2 Å². The molecule has 94 valence electrons. The first-order valence-electron chi connectivity index (χ1n) is 5.12. The van der Waals surface area contributed by atoms with Gasteiger partial charge in [0.05, 0.1) is 5.02 Å². The molecule has 0 aliphatic carbocycles. The molecule has 0 aliphatic heterocycles. The van der Waals surface area contributed by atoms with Gasteiger partial charge < -0.3 is 4.74 Å². The molecule has 2 aromatic rings. The van der Waals surface area contributed by atoms with Crippen LogP contribution in [-0.4, -0.2) is 9.97 Å². The lowest BCUT2D eigenvalue weighted by Crippen LogP contribution is -2.03. The predicted octanol–water partition coefficient (Wildman–Crippen LogP) is 3.81. The van der Waals surface area contributed by atoms with Crippen molar-refractivity contribution >= 4 is 23.2 Å². The molecule has 1 aromatic carbocycles. The molecule has 3 nitrogen and oxygen atoms in total. The summed E-state index contributed by atoms with van der Waals surface area (Å²) < 4.78 is 18.5. The van der Waals surface area contributed by atoms with Gasteiger partial charge in [-0.15, -0.1) is 0 Å². The summed E-state index contributed by atoms with van der Waals surface area (Å²) in [5, 5.41) is 0.403. The van der Waals surface area contributed by atoms with Gasteiger partial charge in [-0.3, -0.25) is 0 Å². The monoisotopic (exact) mass is 286 g/mol. The average molecular weight is 287 g/mol. The van der Waals surface area contributed by atoms with E-state index in [4.69, 9.17) is 27.9 Å². The van der Waals surface area contributed by atoms with Crippen molar-refractivity contribution in [2.45, 2.75) is 13.5 Å². The van der Waals surface area contributed by atoms with E-state index in [0.29, 0.717) is 16.7 Å². The molecular formula is C12H9Cl2FN2O. The first-order valence-corrected chi connectivity index (χ1v) is 5.88. The second kappa shape index (κ2) is 5.50. The van der Waals surface area contributed by atoms with E-state index < -0.39 is 5.82 Å². The van der Waals surface area contributed by atoms with E-state index in [-0.39, 0.29) is 11.6 Å². The van der Waals surface area contributed by atoms with Crippen LogP contribution in [0.5, 0.6) is 5.75 Å². The van der Waals surface area contributed by atoms with Gasteiger partial charge in [-0.1, -0.05) is 23.2 Å². The Labute approximate surface area is 114 Å². The highest BCUT2D eigenvalue weighted by Crippen LogP contribution is 2.21. The second-order valence-corrected chi connectivity index (χ2v) is 4.41. The lowest BCUT2D eigenvalue weighted by molar-refractivity contribution is 0.294. The van der Waals surface area contributed by atoms with E-state index >= 15 is 0 Å². The Morgan fingerprint density at radius 1 is 1.22 bits per heavy atom. The van der Waals surface area contributed by atoms with Crippen LogP contribution in [-0.2, 0) is 6.61 Å². The number of nitrogens with zero attached hydrogens (tertiary/aromatic N) is 2. The number of aromatic nitrogens is 2. The fraction of sp³-hybridized carbons (Fsp3) is 0.167. The van der Waals surface area contributed by atoms with E-state index in [1.54, 1.807) is 19.1 Å². The zero-order valence-electron chi connectivity index (χ0n) is 9.45. The van der Waals surface area contributed by atoms with Crippen molar-refractivity contribution in [1.29, 1.82) is 0 Å². The van der Waals surface area contributed by atoms with Crippen LogP contribution < -0.4 is 4.74 Å². The molecule has 0 unspecified atom stereocenters. The summed E-state index contributed by atoms with van der Waals surface area (Å²) in [5.41, 5.74) is 0.746. The average Bonchev–Trinajstić information content (AvgIpc) is 2.29. The Balaban J connectivity index is 2.08. The molecule has 1 aromatic heterocycles. The van der Waals surface area contributed by atoms with E-state index in [2.05, 4.69) is 9.97 Å². The molecule has 0 aliphatic rings. The Bertz CT molecular complexity index is 558. The minimum Gasteiger partial charge on any atom is -0.486 e. The third kappa shape index (κ3) is 3.31. The van der Waals surface area contributed by atoms with E-state index in [0.717, 1.165) is 5.69 Å². The molecular weight excluding hydrogens is 278 g/mol. The fourth-order valence-corrected chi connectivity index (χ4v) is 1.74. The first-order chi connectivity index (χ1) is 8.54. The lowest BCUT2D eigenvalue weighted by atomic mass is 10.3. The summed E-state index contributed by atoms with van der Waals surface area (Å²) in [6.07, 6.45) is 0. The zero-order valence-corrected chi connectivity index (χ0v) is 11.0. The van der Waals surface area contributed by atoms with Gasteiger partial charge in [-0.2, -0.15) is 0 Å². The second-order valence-electron chi connectivity index (χ2n) is 3.61. The van der Waals surface area contributed by atoms with Crippen LogP contribution in [0.15, 0.2) is 24.3 Å². The minimum atomic E-state index is -0.530. The van der Waals surface area contributed by atoms with Crippen LogP contribution in [0.3, 0.4) is 0 Å². The maximum atomic E-state index is 13.2. The van der Waals surface area contributed by atoms with Crippen molar-refractivity contribution in [2.75, 3.05) is 0 Å². The number of hydrogen-bond donors (Lipinski definition) is 0. The summed E-state index contributed by atoms with van der Waals surface area (Å²) >= 11 is 11.4. The van der Waals surface area contributed by atoms with E-state index in [1.165, 1.54) is 12.1 Å². The Kier molecular flexibility index (Phi) is 3.99. The lowest BCUT2D eigenvalue weighted by Gasteiger charge is -2.06. The van der Waals surface area contributed by atoms with Gasteiger partial charge in [-0.25, -0.2) is 14.4 Å². The normalized spacial score (nSPS) is 10.4. The van der Waals surface area contributed by atoms with Gasteiger partial charge in [0.2, 0.25) is 0 Å². The molecule has 0 atom stereocenters. The highest BCUT2D eigenvalue weighted by atomic mass is 35.5. The van der Waals surface area contributed by atoms with Gasteiger partial charge >= 0.3 is 0 Å². The summed E-state index contributed by atoms with van der Waals surface area (Å²) in [6.45, 7) is 1.92. The summed E-state index contributed by atoms with van der Waals surface area (Å²) in [5.74, 6) is 0.269. The third-order valence-electron chi connectivity index (χ3n) is 2.13. The molecule has 1 heterocycles. The van der Waals surface area contributed by atoms with Crippen molar-refractivity contribution in [1.82, 2.24) is 9.97 Å². The highest BCUT2D eigenvalue weighted by molar-refractivity contribution is 6.30. The van der Waals surface area contributed by atoms with Crippen LogP contribution in [0.4, 0.5) is 4.39 Å². The summed E-state index contributed by atoms with van der Waals surface area (Å²) in [7, 11) is 0.